The highest BCUT2D eigenvalue weighted by Gasteiger charge is 2.39. The molecule has 0 spiro atoms. The molecule has 1 fully saturated rings. The number of nitrogens with zero attached hydrogens (tertiary/aromatic N) is 4. The Kier molecular flexibility index (Phi) is 6.86. The molecular formula is C24H28FN5O5. The number of aromatic nitrogens is 2. The number of aromatic hydroxyl groups is 1. The van der Waals surface area contributed by atoms with E-state index in [4.69, 9.17) is 0 Å². The summed E-state index contributed by atoms with van der Waals surface area (Å²) in [7, 11) is 2.99. The Morgan fingerprint density at radius 3 is 2.46 bits per heavy atom. The molecule has 35 heavy (non-hydrogen) atoms. The molecule has 1 aromatic heterocycles. The molecule has 11 heteroatoms. The number of carbonyl (C=O) groups excluding carboxylic acids is 3. The third kappa shape index (κ3) is 5.18. The molecule has 1 aliphatic heterocycles. The minimum absolute atomic E-state index is 0.0334. The van der Waals surface area contributed by atoms with Gasteiger partial charge in [-0.2, -0.15) is 0 Å². The third-order valence-electron chi connectivity index (χ3n) is 6.29. The fraction of sp³-hybridized carbons (Fsp3) is 0.458. The zero-order valence-corrected chi connectivity index (χ0v) is 19.7. The highest BCUT2D eigenvalue weighted by molar-refractivity contribution is 6.34. The van der Waals surface area contributed by atoms with Crippen molar-refractivity contribution in [2.24, 2.45) is 5.92 Å². The lowest BCUT2D eigenvalue weighted by Crippen LogP contribution is -2.48. The van der Waals surface area contributed by atoms with Crippen LogP contribution in [0.25, 0.3) is 0 Å². The number of hydrogen-bond acceptors (Lipinski definition) is 6. The van der Waals surface area contributed by atoms with Crippen molar-refractivity contribution in [1.29, 1.82) is 0 Å². The maximum Gasteiger partial charge on any atom is 0.312 e. The minimum Gasteiger partial charge on any atom is -0.501 e. The summed E-state index contributed by atoms with van der Waals surface area (Å²) in [4.78, 5) is 58.3. The van der Waals surface area contributed by atoms with Crippen molar-refractivity contribution in [3.05, 3.63) is 57.5 Å². The first-order valence-electron chi connectivity index (χ1n) is 11.6. The molecule has 0 bridgehead atoms. The molecule has 2 aliphatic rings. The predicted molar refractivity (Wildman–Crippen MR) is 123 cm³/mol. The molecule has 1 atom stereocenters. The maximum absolute atomic E-state index is 13.1. The van der Waals surface area contributed by atoms with Crippen LogP contribution in [0.1, 0.15) is 53.6 Å². The van der Waals surface area contributed by atoms with Gasteiger partial charge in [-0.05, 0) is 49.3 Å². The lowest BCUT2D eigenvalue weighted by Gasteiger charge is -2.35. The molecule has 1 saturated carbocycles. The summed E-state index contributed by atoms with van der Waals surface area (Å²) in [6.45, 7) is 0.660. The van der Waals surface area contributed by atoms with Gasteiger partial charge in [0.1, 0.15) is 11.6 Å². The fourth-order valence-corrected chi connectivity index (χ4v) is 4.17. The second-order valence-electron chi connectivity index (χ2n) is 9.19. The second-order valence-corrected chi connectivity index (χ2v) is 9.19. The number of likely N-dealkylation sites (N-methyl/N-ethyl adjacent to an activating group) is 1. The summed E-state index contributed by atoms with van der Waals surface area (Å²) in [5.41, 5.74) is -0.604. The van der Waals surface area contributed by atoms with Crippen molar-refractivity contribution in [3.8, 4) is 5.75 Å². The van der Waals surface area contributed by atoms with Crippen LogP contribution < -0.4 is 10.9 Å². The summed E-state index contributed by atoms with van der Waals surface area (Å²) < 4.78 is 14.4. The van der Waals surface area contributed by atoms with Crippen LogP contribution in [0.4, 0.5) is 4.39 Å². The normalized spacial score (nSPS) is 16.8. The number of carbonyl (C=O) groups is 3. The summed E-state index contributed by atoms with van der Waals surface area (Å²) in [6, 6.07) is 4.84. The summed E-state index contributed by atoms with van der Waals surface area (Å²) >= 11 is 0. The van der Waals surface area contributed by atoms with Crippen LogP contribution >= 0.6 is 0 Å². The first-order chi connectivity index (χ1) is 16.7. The van der Waals surface area contributed by atoms with Crippen molar-refractivity contribution >= 4 is 17.7 Å². The number of nitrogens with one attached hydrogen (secondary N) is 1. The standard InChI is InChI=1S/C24H28FN5O5/c1-28(2)23(34)24(35)30(13-15-5-6-15)17-4-3-11-29-20(17)27-18(19(31)22(29)33)21(32)26-12-14-7-9-16(25)10-8-14/h7-10,15,17,31H,3-6,11-13H2,1-2H3,(H,26,32). The van der Waals surface area contributed by atoms with Crippen LogP contribution in [0.5, 0.6) is 5.75 Å². The Morgan fingerprint density at radius 1 is 1.14 bits per heavy atom. The first-order valence-corrected chi connectivity index (χ1v) is 11.6. The van der Waals surface area contributed by atoms with Gasteiger partial charge < -0.3 is 20.2 Å². The number of halogens is 1. The van der Waals surface area contributed by atoms with E-state index >= 15 is 0 Å². The average molecular weight is 486 g/mol. The SMILES string of the molecule is CN(C)C(=O)C(=O)N(CC1CC1)C1CCCn2c1nc(C(=O)NCc1ccc(F)cc1)c(O)c2=O. The van der Waals surface area contributed by atoms with Gasteiger partial charge in [0.15, 0.2) is 5.69 Å². The Balaban J connectivity index is 1.66. The molecule has 1 unspecified atom stereocenters. The molecule has 2 aromatic rings. The first kappa shape index (κ1) is 24.4. The van der Waals surface area contributed by atoms with Crippen LogP contribution in [0.15, 0.2) is 29.1 Å². The predicted octanol–water partition coefficient (Wildman–Crippen LogP) is 1.18. The van der Waals surface area contributed by atoms with E-state index in [1.165, 1.54) is 52.7 Å². The molecular weight excluding hydrogens is 457 g/mol. The molecule has 1 aliphatic carbocycles. The molecule has 2 heterocycles. The molecule has 4 rings (SSSR count). The number of hydrogen-bond donors (Lipinski definition) is 2. The lowest BCUT2D eigenvalue weighted by molar-refractivity contribution is -0.152. The van der Waals surface area contributed by atoms with Gasteiger partial charge in [0, 0.05) is 33.7 Å². The Morgan fingerprint density at radius 2 is 1.83 bits per heavy atom. The van der Waals surface area contributed by atoms with E-state index in [-0.39, 0.29) is 24.8 Å². The second kappa shape index (κ2) is 9.85. The van der Waals surface area contributed by atoms with Crippen molar-refractivity contribution in [2.75, 3.05) is 20.6 Å². The Hall–Kier alpha value is -3.76. The molecule has 2 N–H and O–H groups in total. The molecule has 0 radical (unpaired) electrons. The van der Waals surface area contributed by atoms with Gasteiger partial charge in [-0.3, -0.25) is 23.7 Å². The lowest BCUT2D eigenvalue weighted by atomic mass is 10.0. The Bertz CT molecular complexity index is 1210. The molecule has 0 saturated heterocycles. The monoisotopic (exact) mass is 485 g/mol. The topological polar surface area (TPSA) is 125 Å². The number of rotatable bonds is 6. The summed E-state index contributed by atoms with van der Waals surface area (Å²) in [6.07, 6.45) is 2.89. The van der Waals surface area contributed by atoms with Crippen molar-refractivity contribution in [2.45, 2.75) is 44.8 Å². The molecule has 10 nitrogen and oxygen atoms in total. The largest absolute Gasteiger partial charge is 0.501 e. The van der Waals surface area contributed by atoms with E-state index < -0.39 is 46.6 Å². The number of fused-ring (bicyclic) bond motifs is 1. The average Bonchev–Trinajstić information content (AvgIpc) is 3.67. The van der Waals surface area contributed by atoms with Crippen LogP contribution in [0, 0.1) is 11.7 Å². The molecule has 1 aromatic carbocycles. The van der Waals surface area contributed by atoms with Gasteiger partial charge in [-0.25, -0.2) is 9.37 Å². The van der Waals surface area contributed by atoms with E-state index in [2.05, 4.69) is 10.3 Å². The minimum atomic E-state index is -0.782. The van der Waals surface area contributed by atoms with Gasteiger partial charge in [0.05, 0.1) is 6.04 Å². The summed E-state index contributed by atoms with van der Waals surface area (Å²) in [5.74, 6) is -2.90. The molecule has 3 amide bonds. The van der Waals surface area contributed by atoms with E-state index in [1.807, 2.05) is 0 Å². The van der Waals surface area contributed by atoms with Gasteiger partial charge in [-0.15, -0.1) is 0 Å². The zero-order chi connectivity index (χ0) is 25.3. The van der Waals surface area contributed by atoms with Crippen LogP contribution in [0.2, 0.25) is 0 Å². The van der Waals surface area contributed by atoms with Crippen molar-refractivity contribution in [1.82, 2.24) is 24.7 Å². The van der Waals surface area contributed by atoms with E-state index in [0.717, 1.165) is 12.8 Å². The van der Waals surface area contributed by atoms with E-state index in [1.54, 1.807) is 0 Å². The third-order valence-corrected chi connectivity index (χ3v) is 6.29. The highest BCUT2D eigenvalue weighted by atomic mass is 19.1. The number of benzene rings is 1. The van der Waals surface area contributed by atoms with Crippen LogP contribution in [0.3, 0.4) is 0 Å². The van der Waals surface area contributed by atoms with Crippen LogP contribution in [-0.2, 0) is 22.7 Å². The fourth-order valence-electron chi connectivity index (χ4n) is 4.17. The highest BCUT2D eigenvalue weighted by Crippen LogP contribution is 2.36. The van der Waals surface area contributed by atoms with Gasteiger partial charge >= 0.3 is 11.8 Å². The zero-order valence-electron chi connectivity index (χ0n) is 19.7. The quantitative estimate of drug-likeness (QED) is 0.592. The smallest absolute Gasteiger partial charge is 0.312 e. The maximum atomic E-state index is 13.1. The van der Waals surface area contributed by atoms with Crippen LogP contribution in [-0.4, -0.2) is 62.8 Å². The van der Waals surface area contributed by atoms with E-state index in [0.29, 0.717) is 24.9 Å². The van der Waals surface area contributed by atoms with E-state index in [9.17, 15) is 28.7 Å². The molecule has 186 valence electrons. The van der Waals surface area contributed by atoms with Crippen molar-refractivity contribution < 1.29 is 23.9 Å². The Labute approximate surface area is 201 Å². The van der Waals surface area contributed by atoms with Gasteiger partial charge in [-0.1, -0.05) is 12.1 Å². The van der Waals surface area contributed by atoms with Gasteiger partial charge in [0.2, 0.25) is 5.75 Å². The summed E-state index contributed by atoms with van der Waals surface area (Å²) in [5, 5.41) is 13.0. The number of amides is 3. The van der Waals surface area contributed by atoms with Crippen molar-refractivity contribution in [3.63, 3.8) is 0 Å². The van der Waals surface area contributed by atoms with Gasteiger partial charge in [0.25, 0.3) is 11.5 Å².